The van der Waals surface area contributed by atoms with Crippen molar-refractivity contribution in [3.8, 4) is 0 Å². The van der Waals surface area contributed by atoms with Crippen molar-refractivity contribution in [1.82, 2.24) is 15.5 Å². The van der Waals surface area contributed by atoms with Crippen LogP contribution < -0.4 is 10.6 Å². The van der Waals surface area contributed by atoms with E-state index in [-0.39, 0.29) is 30.1 Å². The van der Waals surface area contributed by atoms with Crippen LogP contribution in [0.2, 0.25) is 0 Å². The van der Waals surface area contributed by atoms with Crippen LogP contribution in [0.15, 0.2) is 4.99 Å². The van der Waals surface area contributed by atoms with Gasteiger partial charge in [0, 0.05) is 32.2 Å². The van der Waals surface area contributed by atoms with Gasteiger partial charge < -0.3 is 15.4 Å². The molecule has 1 saturated heterocycles. The lowest BCUT2D eigenvalue weighted by atomic mass is 9.96. The number of hydrogen-bond acceptors (Lipinski definition) is 3. The third-order valence-electron chi connectivity index (χ3n) is 4.59. The highest BCUT2D eigenvalue weighted by atomic mass is 127. The van der Waals surface area contributed by atoms with Gasteiger partial charge in [-0.25, -0.2) is 0 Å². The molecule has 1 heterocycles. The summed E-state index contributed by atoms with van der Waals surface area (Å²) in [7, 11) is 0. The number of hydrogen-bond donors (Lipinski definition) is 2. The van der Waals surface area contributed by atoms with Crippen LogP contribution in [-0.4, -0.2) is 62.3 Å². The molecule has 1 aliphatic carbocycles. The van der Waals surface area contributed by atoms with Crippen molar-refractivity contribution in [2.75, 3.05) is 39.3 Å². The molecule has 24 heavy (non-hydrogen) atoms. The Morgan fingerprint density at radius 3 is 2.67 bits per heavy atom. The van der Waals surface area contributed by atoms with E-state index in [2.05, 4.69) is 36.3 Å². The van der Waals surface area contributed by atoms with E-state index in [0.29, 0.717) is 12.0 Å². The average molecular weight is 452 g/mol. The minimum Gasteiger partial charge on any atom is -0.374 e. The first kappa shape index (κ1) is 22.0. The number of guanidine groups is 1. The van der Waals surface area contributed by atoms with Gasteiger partial charge >= 0.3 is 0 Å². The highest BCUT2D eigenvalue weighted by Crippen LogP contribution is 2.17. The molecular weight excluding hydrogens is 415 g/mol. The molecule has 0 radical (unpaired) electrons. The molecule has 0 aromatic heterocycles. The van der Waals surface area contributed by atoms with Crippen molar-refractivity contribution in [1.29, 1.82) is 0 Å². The molecule has 0 aromatic rings. The molecule has 1 unspecified atom stereocenters. The van der Waals surface area contributed by atoms with E-state index in [1.165, 1.54) is 32.1 Å². The van der Waals surface area contributed by atoms with Gasteiger partial charge in [0.15, 0.2) is 5.96 Å². The number of morpholine rings is 1. The van der Waals surface area contributed by atoms with Crippen LogP contribution in [0.3, 0.4) is 0 Å². The highest BCUT2D eigenvalue weighted by molar-refractivity contribution is 14.0. The van der Waals surface area contributed by atoms with Crippen molar-refractivity contribution in [2.45, 2.75) is 65.0 Å². The largest absolute Gasteiger partial charge is 0.374 e. The van der Waals surface area contributed by atoms with E-state index in [4.69, 9.17) is 9.73 Å². The average Bonchev–Trinajstić information content (AvgIpc) is 2.53. The SMILES string of the molecule is CCNC(=NCC1CN(CC(C)C)CCO1)NC1CCCCC1.I. The molecule has 2 fully saturated rings. The van der Waals surface area contributed by atoms with Gasteiger partial charge in [-0.15, -0.1) is 24.0 Å². The maximum atomic E-state index is 5.90. The summed E-state index contributed by atoms with van der Waals surface area (Å²) >= 11 is 0. The van der Waals surface area contributed by atoms with Crippen LogP contribution in [0.5, 0.6) is 0 Å². The summed E-state index contributed by atoms with van der Waals surface area (Å²) in [5, 5.41) is 6.99. The van der Waals surface area contributed by atoms with Gasteiger partial charge in [-0.1, -0.05) is 33.1 Å². The standard InChI is InChI=1S/C18H36N4O.HI/c1-4-19-18(21-16-8-6-5-7-9-16)20-12-17-14-22(10-11-23-17)13-15(2)3;/h15-17H,4-14H2,1-3H3,(H2,19,20,21);1H. The van der Waals surface area contributed by atoms with Gasteiger partial charge in [-0.05, 0) is 25.7 Å². The predicted molar refractivity (Wildman–Crippen MR) is 112 cm³/mol. The van der Waals surface area contributed by atoms with Crippen molar-refractivity contribution >= 4 is 29.9 Å². The van der Waals surface area contributed by atoms with Crippen LogP contribution in [-0.2, 0) is 4.74 Å². The Bertz CT molecular complexity index is 359. The zero-order valence-corrected chi connectivity index (χ0v) is 18.1. The Labute approximate surface area is 165 Å². The molecule has 0 bridgehead atoms. The molecule has 1 aliphatic heterocycles. The molecular formula is C18H37IN4O. The first-order valence-corrected chi connectivity index (χ1v) is 9.56. The molecule has 2 rings (SSSR count). The first-order chi connectivity index (χ1) is 11.2. The van der Waals surface area contributed by atoms with Gasteiger partial charge in [-0.2, -0.15) is 0 Å². The van der Waals surface area contributed by atoms with Crippen molar-refractivity contribution in [3.63, 3.8) is 0 Å². The number of nitrogens with zero attached hydrogens (tertiary/aromatic N) is 2. The Balaban J connectivity index is 0.00000288. The Morgan fingerprint density at radius 1 is 1.25 bits per heavy atom. The van der Waals surface area contributed by atoms with Crippen molar-refractivity contribution < 1.29 is 4.74 Å². The summed E-state index contributed by atoms with van der Waals surface area (Å²) < 4.78 is 5.90. The molecule has 2 aliphatic rings. The second-order valence-electron chi connectivity index (χ2n) is 7.35. The minimum absolute atomic E-state index is 0. The maximum absolute atomic E-state index is 5.90. The number of rotatable bonds is 6. The van der Waals surface area contributed by atoms with E-state index < -0.39 is 0 Å². The number of aliphatic imine (C=N–C) groups is 1. The molecule has 142 valence electrons. The number of ether oxygens (including phenoxy) is 1. The van der Waals surface area contributed by atoms with Crippen molar-refractivity contribution in [2.24, 2.45) is 10.9 Å². The summed E-state index contributed by atoms with van der Waals surface area (Å²) in [6.07, 6.45) is 6.83. The first-order valence-electron chi connectivity index (χ1n) is 9.56. The fraction of sp³-hybridized carbons (Fsp3) is 0.944. The summed E-state index contributed by atoms with van der Waals surface area (Å²) in [5.41, 5.74) is 0. The Kier molecular flexibility index (Phi) is 11.3. The van der Waals surface area contributed by atoms with Crippen LogP contribution in [0.25, 0.3) is 0 Å². The Morgan fingerprint density at radius 2 is 2.00 bits per heavy atom. The molecule has 0 aromatic carbocycles. The van der Waals surface area contributed by atoms with E-state index in [1.807, 2.05) is 0 Å². The zero-order valence-electron chi connectivity index (χ0n) is 15.7. The minimum atomic E-state index is 0. The smallest absolute Gasteiger partial charge is 0.191 e. The molecule has 6 heteroatoms. The van der Waals surface area contributed by atoms with Crippen molar-refractivity contribution in [3.05, 3.63) is 0 Å². The van der Waals surface area contributed by atoms with Crippen LogP contribution in [0.1, 0.15) is 52.9 Å². The van der Waals surface area contributed by atoms with Gasteiger partial charge in [0.25, 0.3) is 0 Å². The van der Waals surface area contributed by atoms with Crippen LogP contribution >= 0.6 is 24.0 Å². The van der Waals surface area contributed by atoms with E-state index in [9.17, 15) is 0 Å². The van der Waals surface area contributed by atoms with Gasteiger partial charge in [-0.3, -0.25) is 9.89 Å². The lowest BCUT2D eigenvalue weighted by Gasteiger charge is -2.33. The third-order valence-corrected chi connectivity index (χ3v) is 4.59. The number of halogens is 1. The molecule has 5 nitrogen and oxygen atoms in total. The quantitative estimate of drug-likeness (QED) is 0.370. The van der Waals surface area contributed by atoms with Gasteiger partial charge in [0.2, 0.25) is 0 Å². The predicted octanol–water partition coefficient (Wildman–Crippen LogP) is 2.85. The molecule has 0 spiro atoms. The fourth-order valence-corrected chi connectivity index (χ4v) is 3.53. The lowest BCUT2D eigenvalue weighted by molar-refractivity contribution is -0.0262. The summed E-state index contributed by atoms with van der Waals surface area (Å²) in [6, 6.07) is 0.589. The maximum Gasteiger partial charge on any atom is 0.191 e. The lowest BCUT2D eigenvalue weighted by Crippen LogP contribution is -2.47. The number of nitrogens with one attached hydrogen (secondary N) is 2. The summed E-state index contributed by atoms with van der Waals surface area (Å²) in [5.74, 6) is 1.67. The third kappa shape index (κ3) is 8.34. The summed E-state index contributed by atoms with van der Waals surface area (Å²) in [4.78, 5) is 7.30. The molecule has 1 atom stereocenters. The van der Waals surface area contributed by atoms with Crippen LogP contribution in [0, 0.1) is 5.92 Å². The monoisotopic (exact) mass is 452 g/mol. The second kappa shape index (κ2) is 12.3. The topological polar surface area (TPSA) is 48.9 Å². The zero-order chi connectivity index (χ0) is 16.5. The molecule has 2 N–H and O–H groups in total. The highest BCUT2D eigenvalue weighted by Gasteiger charge is 2.21. The van der Waals surface area contributed by atoms with E-state index >= 15 is 0 Å². The Hall–Kier alpha value is -0.0800. The normalized spacial score (nSPS) is 23.8. The van der Waals surface area contributed by atoms with Gasteiger partial charge in [0.05, 0.1) is 19.3 Å². The second-order valence-corrected chi connectivity index (χ2v) is 7.35. The van der Waals surface area contributed by atoms with Gasteiger partial charge in [0.1, 0.15) is 0 Å². The van der Waals surface area contributed by atoms with Crippen LogP contribution in [0.4, 0.5) is 0 Å². The van der Waals surface area contributed by atoms with E-state index in [0.717, 1.165) is 45.3 Å². The van der Waals surface area contributed by atoms with E-state index in [1.54, 1.807) is 0 Å². The molecule has 1 saturated carbocycles. The fourth-order valence-electron chi connectivity index (χ4n) is 3.53. The molecule has 0 amide bonds. The summed E-state index contributed by atoms with van der Waals surface area (Å²) in [6.45, 7) is 12.4.